The molecule has 0 aromatic rings. The van der Waals surface area contributed by atoms with Crippen LogP contribution in [-0.2, 0) is 0 Å². The summed E-state index contributed by atoms with van der Waals surface area (Å²) in [5.74, 6) is 0.884. The number of guanidine groups is 1. The molecule has 1 aliphatic rings. The highest BCUT2D eigenvalue weighted by Crippen LogP contribution is 2.42. The molecule has 0 heterocycles. The fraction of sp³-hybridized carbons (Fsp3) is 0.750. The Kier molecular flexibility index (Phi) is 4.66. The lowest BCUT2D eigenvalue weighted by Crippen LogP contribution is -2.46. The van der Waals surface area contributed by atoms with Crippen LogP contribution in [0.1, 0.15) is 32.6 Å². The van der Waals surface area contributed by atoms with E-state index in [0.717, 1.165) is 19.0 Å². The van der Waals surface area contributed by atoms with Gasteiger partial charge in [0, 0.05) is 20.1 Å². The summed E-state index contributed by atoms with van der Waals surface area (Å²) in [5.41, 5.74) is 0.534. The molecule has 3 nitrogen and oxygen atoms in total. The van der Waals surface area contributed by atoms with Gasteiger partial charge in [-0.2, -0.15) is 0 Å². The van der Waals surface area contributed by atoms with Crippen molar-refractivity contribution >= 4 is 5.96 Å². The molecule has 0 atom stereocenters. The van der Waals surface area contributed by atoms with Gasteiger partial charge in [0.2, 0.25) is 0 Å². The summed E-state index contributed by atoms with van der Waals surface area (Å²) in [5, 5.41) is 6.57. The standard InChI is InChI=1S/C12H23N3/c1-4-9-14-11(13-3)15-10-12(5-2)7-6-8-12/h4H,1,5-10H2,2-3H3,(H2,13,14,15). The molecule has 15 heavy (non-hydrogen) atoms. The zero-order valence-corrected chi connectivity index (χ0v) is 9.97. The summed E-state index contributed by atoms with van der Waals surface area (Å²) in [4.78, 5) is 4.17. The van der Waals surface area contributed by atoms with Crippen molar-refractivity contribution in [3.05, 3.63) is 12.7 Å². The van der Waals surface area contributed by atoms with E-state index < -0.39 is 0 Å². The number of hydrogen-bond acceptors (Lipinski definition) is 1. The Morgan fingerprint density at radius 3 is 2.60 bits per heavy atom. The van der Waals surface area contributed by atoms with Crippen molar-refractivity contribution < 1.29 is 0 Å². The van der Waals surface area contributed by atoms with Crippen LogP contribution in [0.4, 0.5) is 0 Å². The van der Waals surface area contributed by atoms with Crippen LogP contribution in [0.2, 0.25) is 0 Å². The normalized spacial score (nSPS) is 19.2. The minimum atomic E-state index is 0.534. The van der Waals surface area contributed by atoms with Crippen molar-refractivity contribution in [2.24, 2.45) is 10.4 Å². The van der Waals surface area contributed by atoms with Gasteiger partial charge in [-0.3, -0.25) is 4.99 Å². The lowest BCUT2D eigenvalue weighted by Gasteiger charge is -2.41. The molecule has 0 unspecified atom stereocenters. The minimum Gasteiger partial charge on any atom is -0.356 e. The van der Waals surface area contributed by atoms with Crippen molar-refractivity contribution in [2.45, 2.75) is 32.6 Å². The van der Waals surface area contributed by atoms with E-state index in [4.69, 9.17) is 0 Å². The van der Waals surface area contributed by atoms with E-state index in [9.17, 15) is 0 Å². The van der Waals surface area contributed by atoms with Crippen LogP contribution in [0.15, 0.2) is 17.6 Å². The molecule has 1 fully saturated rings. The van der Waals surface area contributed by atoms with Gasteiger partial charge in [-0.15, -0.1) is 6.58 Å². The van der Waals surface area contributed by atoms with Gasteiger partial charge in [0.1, 0.15) is 0 Å². The van der Waals surface area contributed by atoms with E-state index in [1.165, 1.54) is 25.7 Å². The highest BCUT2D eigenvalue weighted by molar-refractivity contribution is 5.79. The van der Waals surface area contributed by atoms with E-state index in [-0.39, 0.29) is 0 Å². The largest absolute Gasteiger partial charge is 0.356 e. The maximum absolute atomic E-state index is 4.17. The van der Waals surface area contributed by atoms with E-state index in [1.54, 1.807) is 7.05 Å². The third-order valence-corrected chi connectivity index (χ3v) is 3.43. The van der Waals surface area contributed by atoms with Gasteiger partial charge in [0.15, 0.2) is 5.96 Å². The SMILES string of the molecule is C=CCNC(=NC)NCC1(CC)CCC1. The van der Waals surface area contributed by atoms with Gasteiger partial charge in [0.05, 0.1) is 0 Å². The number of nitrogens with one attached hydrogen (secondary N) is 2. The number of rotatable bonds is 5. The molecule has 0 aromatic carbocycles. The summed E-state index contributed by atoms with van der Waals surface area (Å²) < 4.78 is 0. The summed E-state index contributed by atoms with van der Waals surface area (Å²) in [6.45, 7) is 7.76. The summed E-state index contributed by atoms with van der Waals surface area (Å²) in [6, 6.07) is 0. The maximum atomic E-state index is 4.17. The quantitative estimate of drug-likeness (QED) is 0.412. The minimum absolute atomic E-state index is 0.534. The fourth-order valence-electron chi connectivity index (χ4n) is 1.99. The van der Waals surface area contributed by atoms with Crippen LogP contribution in [0, 0.1) is 5.41 Å². The molecule has 0 amide bonds. The first-order chi connectivity index (χ1) is 7.26. The van der Waals surface area contributed by atoms with Gasteiger partial charge in [-0.25, -0.2) is 0 Å². The maximum Gasteiger partial charge on any atom is 0.191 e. The molecule has 0 radical (unpaired) electrons. The average Bonchev–Trinajstić information content (AvgIpc) is 2.21. The fourth-order valence-corrected chi connectivity index (χ4v) is 1.99. The molecular formula is C12H23N3. The summed E-state index contributed by atoms with van der Waals surface area (Å²) in [7, 11) is 1.80. The number of nitrogens with zero attached hydrogens (tertiary/aromatic N) is 1. The van der Waals surface area contributed by atoms with Gasteiger partial charge >= 0.3 is 0 Å². The van der Waals surface area contributed by atoms with Crippen LogP contribution in [0.5, 0.6) is 0 Å². The molecule has 86 valence electrons. The Labute approximate surface area is 93.1 Å². The van der Waals surface area contributed by atoms with Crippen LogP contribution in [0.25, 0.3) is 0 Å². The zero-order valence-electron chi connectivity index (χ0n) is 9.97. The molecule has 0 aromatic heterocycles. The number of aliphatic imine (C=N–C) groups is 1. The highest BCUT2D eigenvalue weighted by Gasteiger charge is 2.34. The van der Waals surface area contributed by atoms with Crippen molar-refractivity contribution in [2.75, 3.05) is 20.1 Å². The first kappa shape index (κ1) is 12.1. The average molecular weight is 209 g/mol. The Balaban J connectivity index is 2.30. The van der Waals surface area contributed by atoms with Gasteiger partial charge in [-0.1, -0.05) is 19.4 Å². The Morgan fingerprint density at radius 1 is 1.47 bits per heavy atom. The molecule has 0 bridgehead atoms. The van der Waals surface area contributed by atoms with Crippen molar-refractivity contribution in [3.63, 3.8) is 0 Å². The predicted molar refractivity (Wildman–Crippen MR) is 66.1 cm³/mol. The Bertz CT molecular complexity index is 224. The first-order valence-corrected chi connectivity index (χ1v) is 5.82. The molecule has 0 saturated heterocycles. The molecule has 1 rings (SSSR count). The van der Waals surface area contributed by atoms with Gasteiger partial charge in [0.25, 0.3) is 0 Å². The van der Waals surface area contributed by atoms with Gasteiger partial charge < -0.3 is 10.6 Å². The summed E-state index contributed by atoms with van der Waals surface area (Å²) >= 11 is 0. The smallest absolute Gasteiger partial charge is 0.191 e. The second kappa shape index (κ2) is 5.79. The van der Waals surface area contributed by atoms with E-state index >= 15 is 0 Å². The van der Waals surface area contributed by atoms with Gasteiger partial charge in [-0.05, 0) is 24.7 Å². The highest BCUT2D eigenvalue weighted by atomic mass is 15.2. The van der Waals surface area contributed by atoms with Crippen LogP contribution < -0.4 is 10.6 Å². The first-order valence-electron chi connectivity index (χ1n) is 5.82. The van der Waals surface area contributed by atoms with Crippen LogP contribution in [-0.4, -0.2) is 26.1 Å². The Morgan fingerprint density at radius 2 is 2.20 bits per heavy atom. The second-order valence-corrected chi connectivity index (χ2v) is 4.30. The lowest BCUT2D eigenvalue weighted by atomic mass is 9.67. The van der Waals surface area contributed by atoms with E-state index in [0.29, 0.717) is 5.41 Å². The molecule has 0 aliphatic heterocycles. The predicted octanol–water partition coefficient (Wildman–Crippen LogP) is 1.92. The molecule has 1 saturated carbocycles. The Hall–Kier alpha value is -0.990. The molecule has 0 spiro atoms. The van der Waals surface area contributed by atoms with Crippen LogP contribution >= 0.6 is 0 Å². The van der Waals surface area contributed by atoms with Crippen LogP contribution in [0.3, 0.4) is 0 Å². The molecule has 3 heteroatoms. The van der Waals surface area contributed by atoms with Crippen molar-refractivity contribution in [1.29, 1.82) is 0 Å². The molecule has 2 N–H and O–H groups in total. The second-order valence-electron chi connectivity index (χ2n) is 4.30. The third kappa shape index (κ3) is 3.26. The molecule has 1 aliphatic carbocycles. The van der Waals surface area contributed by atoms with E-state index in [1.807, 2.05) is 6.08 Å². The third-order valence-electron chi connectivity index (χ3n) is 3.43. The van der Waals surface area contributed by atoms with E-state index in [2.05, 4.69) is 29.1 Å². The van der Waals surface area contributed by atoms with Crippen molar-refractivity contribution in [1.82, 2.24) is 10.6 Å². The topological polar surface area (TPSA) is 36.4 Å². The lowest BCUT2D eigenvalue weighted by molar-refractivity contribution is 0.131. The number of hydrogen-bond donors (Lipinski definition) is 2. The molecular weight excluding hydrogens is 186 g/mol. The van der Waals surface area contributed by atoms with Crippen molar-refractivity contribution in [3.8, 4) is 0 Å². The zero-order chi connectivity index (χ0) is 11.1. The summed E-state index contributed by atoms with van der Waals surface area (Å²) in [6.07, 6.45) is 7.20. The monoisotopic (exact) mass is 209 g/mol.